The Labute approximate surface area is 118 Å². The molecule has 0 aliphatic heterocycles. The first kappa shape index (κ1) is 18.5. The largest absolute Gasteiger partial charge is 0.314 e. The van der Waals surface area contributed by atoms with Gasteiger partial charge in [-0.05, 0) is 36.3 Å². The zero-order chi connectivity index (χ0) is 14.2. The lowest BCUT2D eigenvalue weighted by atomic mass is 10.9. The zero-order valence-corrected chi connectivity index (χ0v) is 15.7. The molecule has 0 bridgehead atoms. The lowest BCUT2D eigenvalue weighted by Gasteiger charge is -2.30. The van der Waals surface area contributed by atoms with Gasteiger partial charge in [0.05, 0.1) is 0 Å². The minimum absolute atomic E-state index is 1.01. The first-order chi connectivity index (χ1) is 8.46. The van der Waals surface area contributed by atoms with Crippen molar-refractivity contribution >= 4 is 28.0 Å². The minimum atomic E-state index is -1.82. The van der Waals surface area contributed by atoms with Gasteiger partial charge in [-0.2, -0.15) is 4.21 Å². The lowest BCUT2D eigenvalue weighted by molar-refractivity contribution is 0.443. The summed E-state index contributed by atoms with van der Waals surface area (Å²) in [7, 11) is -3.64. The highest BCUT2D eigenvalue weighted by atomic mass is 32.2. The fourth-order valence-electron chi connectivity index (χ4n) is 2.16. The maximum absolute atomic E-state index is 12.2. The Bertz CT molecular complexity index is 213. The van der Waals surface area contributed by atoms with Crippen LogP contribution in [0.15, 0.2) is 0 Å². The summed E-state index contributed by atoms with van der Waals surface area (Å²) in [6.07, 6.45) is 0. The Morgan fingerprint density at radius 3 is 1.06 bits per heavy atom. The van der Waals surface area contributed by atoms with Crippen LogP contribution in [0.2, 0.25) is 36.3 Å². The first-order valence-electron chi connectivity index (χ1n) is 7.27. The van der Waals surface area contributed by atoms with Gasteiger partial charge < -0.3 is 7.74 Å². The fourth-order valence-corrected chi connectivity index (χ4v) is 10.7. The van der Waals surface area contributed by atoms with Crippen LogP contribution in [0.4, 0.5) is 0 Å². The number of hydrogen-bond acceptors (Lipinski definition) is 3. The second-order valence-corrected chi connectivity index (χ2v) is 15.6. The van der Waals surface area contributed by atoms with E-state index in [4.69, 9.17) is 7.74 Å². The third-order valence-corrected chi connectivity index (χ3v) is 16.0. The average Bonchev–Trinajstić information content (AvgIpc) is 2.42. The number of hydrogen-bond donors (Lipinski definition) is 0. The van der Waals surface area contributed by atoms with E-state index in [2.05, 4.69) is 41.5 Å². The molecule has 0 saturated carbocycles. The zero-order valence-electron chi connectivity index (χ0n) is 12.9. The Morgan fingerprint density at radius 2 is 0.889 bits per heavy atom. The van der Waals surface area contributed by atoms with Crippen LogP contribution in [0.1, 0.15) is 41.5 Å². The molecule has 0 unspecified atom stereocenters. The van der Waals surface area contributed by atoms with E-state index in [9.17, 15) is 4.21 Å². The van der Waals surface area contributed by atoms with Crippen molar-refractivity contribution in [3.63, 3.8) is 0 Å². The van der Waals surface area contributed by atoms with Gasteiger partial charge in [0, 0.05) is 0 Å². The van der Waals surface area contributed by atoms with E-state index >= 15 is 0 Å². The summed E-state index contributed by atoms with van der Waals surface area (Å²) in [5.74, 6) is 0. The Balaban J connectivity index is 4.67. The van der Waals surface area contributed by atoms with Gasteiger partial charge >= 0.3 is 0 Å². The molecule has 0 fully saturated rings. The third-order valence-electron chi connectivity index (χ3n) is 4.36. The first-order valence-corrected chi connectivity index (χ1v) is 13.3. The smallest absolute Gasteiger partial charge is 0.283 e. The molecule has 0 aromatic heterocycles. The monoisotopic (exact) mass is 310 g/mol. The van der Waals surface area contributed by atoms with Gasteiger partial charge in [-0.15, -0.1) is 0 Å². The Kier molecular flexibility index (Phi) is 8.87. The Hall–Kier alpha value is 0.504. The molecule has 0 N–H and O–H groups in total. The van der Waals surface area contributed by atoms with Crippen molar-refractivity contribution in [1.29, 1.82) is 0 Å². The molecule has 0 aliphatic rings. The van der Waals surface area contributed by atoms with E-state index in [1.165, 1.54) is 0 Å². The molecule has 18 heavy (non-hydrogen) atoms. The molecule has 110 valence electrons. The summed E-state index contributed by atoms with van der Waals surface area (Å²) in [6.45, 7) is 12.8. The van der Waals surface area contributed by atoms with Crippen LogP contribution in [-0.4, -0.2) is 20.8 Å². The molecular formula is C12H30O3SSi2. The molecule has 0 rings (SSSR count). The van der Waals surface area contributed by atoms with Gasteiger partial charge in [0.25, 0.3) is 11.4 Å². The highest BCUT2D eigenvalue weighted by Gasteiger charge is 2.37. The van der Waals surface area contributed by atoms with E-state index < -0.39 is 28.0 Å². The van der Waals surface area contributed by atoms with Crippen molar-refractivity contribution in [2.45, 2.75) is 77.8 Å². The predicted octanol–water partition coefficient (Wildman–Crippen LogP) is 4.61. The summed E-state index contributed by atoms with van der Waals surface area (Å²) in [5.41, 5.74) is 0. The van der Waals surface area contributed by atoms with E-state index in [1.54, 1.807) is 0 Å². The summed E-state index contributed by atoms with van der Waals surface area (Å²) in [5, 5.41) is 0. The van der Waals surface area contributed by atoms with Gasteiger partial charge in [-0.1, -0.05) is 41.5 Å². The fraction of sp³-hybridized carbons (Fsp3) is 1.00. The van der Waals surface area contributed by atoms with E-state index in [1.807, 2.05) is 0 Å². The van der Waals surface area contributed by atoms with E-state index in [-0.39, 0.29) is 0 Å². The average molecular weight is 311 g/mol. The van der Waals surface area contributed by atoms with Crippen LogP contribution in [-0.2, 0) is 19.1 Å². The second kappa shape index (κ2) is 8.63. The van der Waals surface area contributed by atoms with Crippen LogP contribution < -0.4 is 0 Å². The van der Waals surface area contributed by atoms with Gasteiger partial charge in [0.15, 0.2) is 0 Å². The van der Waals surface area contributed by atoms with Crippen LogP contribution in [0.5, 0.6) is 0 Å². The van der Waals surface area contributed by atoms with E-state index in [0.717, 1.165) is 36.3 Å². The minimum Gasteiger partial charge on any atom is -0.314 e. The van der Waals surface area contributed by atoms with Gasteiger partial charge in [0.2, 0.25) is 16.6 Å². The molecular weight excluding hydrogens is 280 g/mol. The normalized spacial score (nSPS) is 13.3. The predicted molar refractivity (Wildman–Crippen MR) is 84.7 cm³/mol. The summed E-state index contributed by atoms with van der Waals surface area (Å²) in [6, 6.07) is 6.05. The summed E-state index contributed by atoms with van der Waals surface area (Å²) < 4.78 is 23.9. The Morgan fingerprint density at radius 1 is 0.667 bits per heavy atom. The highest BCUT2D eigenvalue weighted by Crippen LogP contribution is 2.27. The molecule has 0 radical (unpaired) electrons. The van der Waals surface area contributed by atoms with Crippen LogP contribution in [0, 0.1) is 0 Å². The van der Waals surface area contributed by atoms with Crippen LogP contribution in [0.25, 0.3) is 0 Å². The van der Waals surface area contributed by atoms with Crippen molar-refractivity contribution in [3.8, 4) is 0 Å². The van der Waals surface area contributed by atoms with Crippen molar-refractivity contribution < 1.29 is 12.0 Å². The summed E-state index contributed by atoms with van der Waals surface area (Å²) in [4.78, 5) is 0. The molecule has 0 atom stereocenters. The quantitative estimate of drug-likeness (QED) is 0.553. The van der Waals surface area contributed by atoms with Gasteiger partial charge in [-0.3, -0.25) is 0 Å². The molecule has 0 amide bonds. The topological polar surface area (TPSA) is 35.5 Å². The standard InChI is InChI=1S/C12H30O3SSi2/c1-7-17(8-2,9-3)14-16(13)15-18(10-4,11-5)12-6/h7-12H2,1-6H3. The molecule has 3 nitrogen and oxygen atoms in total. The summed E-state index contributed by atoms with van der Waals surface area (Å²) >= 11 is -1.53. The lowest BCUT2D eigenvalue weighted by Crippen LogP contribution is -2.42. The second-order valence-electron chi connectivity index (χ2n) is 4.86. The maximum Gasteiger partial charge on any atom is 0.283 e. The van der Waals surface area contributed by atoms with Crippen LogP contribution in [0.3, 0.4) is 0 Å². The highest BCUT2D eigenvalue weighted by molar-refractivity contribution is 7.77. The molecule has 6 heteroatoms. The molecule has 0 spiro atoms. The van der Waals surface area contributed by atoms with Crippen molar-refractivity contribution in [1.82, 2.24) is 0 Å². The molecule has 0 aromatic carbocycles. The third kappa shape index (κ3) is 4.88. The SMILES string of the molecule is CC[Si](CC)(CC)OS(=O)O[Si](CC)(CC)CC. The van der Waals surface area contributed by atoms with Crippen molar-refractivity contribution in [2.24, 2.45) is 0 Å². The molecule has 0 heterocycles. The molecule has 0 aromatic rings. The maximum atomic E-state index is 12.2. The molecule has 0 saturated heterocycles. The van der Waals surface area contributed by atoms with Gasteiger partial charge in [0.1, 0.15) is 0 Å². The molecule has 0 aliphatic carbocycles. The van der Waals surface area contributed by atoms with Crippen molar-refractivity contribution in [3.05, 3.63) is 0 Å². The van der Waals surface area contributed by atoms with Crippen molar-refractivity contribution in [2.75, 3.05) is 0 Å². The van der Waals surface area contributed by atoms with E-state index in [0.29, 0.717) is 0 Å². The number of rotatable bonds is 10. The van der Waals surface area contributed by atoms with Crippen LogP contribution >= 0.6 is 0 Å². The van der Waals surface area contributed by atoms with Gasteiger partial charge in [-0.25, -0.2) is 0 Å².